The summed E-state index contributed by atoms with van der Waals surface area (Å²) >= 11 is 1.28. The number of hydrogen-bond donors (Lipinski definition) is 1. The minimum absolute atomic E-state index is 0.0613. The second-order valence-corrected chi connectivity index (χ2v) is 5.28. The normalized spacial score (nSPS) is 10.5. The summed E-state index contributed by atoms with van der Waals surface area (Å²) in [7, 11) is 0. The summed E-state index contributed by atoms with van der Waals surface area (Å²) in [6.07, 6.45) is 1.83. The van der Waals surface area contributed by atoms with Gasteiger partial charge in [-0.2, -0.15) is 4.37 Å². The zero-order chi connectivity index (χ0) is 14.7. The predicted molar refractivity (Wildman–Crippen MR) is 78.3 cm³/mol. The van der Waals surface area contributed by atoms with Gasteiger partial charge >= 0.3 is 0 Å². The van der Waals surface area contributed by atoms with Crippen molar-refractivity contribution in [1.82, 2.24) is 24.6 Å². The van der Waals surface area contributed by atoms with Gasteiger partial charge in [-0.05, 0) is 52.6 Å². The van der Waals surface area contributed by atoms with Crippen molar-refractivity contribution in [2.75, 3.05) is 5.32 Å². The van der Waals surface area contributed by atoms with Crippen LogP contribution in [0.25, 0.3) is 5.69 Å². The van der Waals surface area contributed by atoms with Crippen LogP contribution in [0.15, 0.2) is 36.7 Å². The molecule has 0 radical (unpaired) electrons. The number of carbonyl (C=O) groups is 1. The SMILES string of the molecule is Cc1cc(NC(=O)Cc2ccc(-n3cnnn3)cc2)sn1. The summed E-state index contributed by atoms with van der Waals surface area (Å²) in [5.74, 6) is -0.0613. The minimum atomic E-state index is -0.0613. The molecule has 1 aromatic carbocycles. The summed E-state index contributed by atoms with van der Waals surface area (Å²) < 4.78 is 5.68. The van der Waals surface area contributed by atoms with E-state index in [1.165, 1.54) is 17.9 Å². The molecule has 1 amide bonds. The van der Waals surface area contributed by atoms with Crippen LogP contribution in [0, 0.1) is 6.92 Å². The molecule has 3 rings (SSSR count). The third-order valence-electron chi connectivity index (χ3n) is 2.81. The Labute approximate surface area is 124 Å². The van der Waals surface area contributed by atoms with E-state index in [1.54, 1.807) is 4.68 Å². The van der Waals surface area contributed by atoms with E-state index >= 15 is 0 Å². The maximum absolute atomic E-state index is 11.9. The first-order valence-corrected chi connectivity index (χ1v) is 7.03. The lowest BCUT2D eigenvalue weighted by atomic mass is 10.1. The van der Waals surface area contributed by atoms with Crippen LogP contribution in [0.4, 0.5) is 5.00 Å². The molecule has 0 unspecified atom stereocenters. The highest BCUT2D eigenvalue weighted by Gasteiger charge is 2.07. The van der Waals surface area contributed by atoms with Crippen molar-refractivity contribution in [2.24, 2.45) is 0 Å². The third kappa shape index (κ3) is 3.29. The Morgan fingerprint density at radius 2 is 2.14 bits per heavy atom. The Morgan fingerprint density at radius 3 is 2.76 bits per heavy atom. The molecule has 7 nitrogen and oxygen atoms in total. The quantitative estimate of drug-likeness (QED) is 0.791. The van der Waals surface area contributed by atoms with E-state index in [-0.39, 0.29) is 5.91 Å². The molecule has 0 bridgehead atoms. The van der Waals surface area contributed by atoms with Crippen LogP contribution in [0.5, 0.6) is 0 Å². The summed E-state index contributed by atoms with van der Waals surface area (Å²) in [4.78, 5) is 11.9. The van der Waals surface area contributed by atoms with Gasteiger partial charge in [0, 0.05) is 0 Å². The van der Waals surface area contributed by atoms with Crippen LogP contribution in [-0.4, -0.2) is 30.5 Å². The lowest BCUT2D eigenvalue weighted by molar-refractivity contribution is -0.115. The van der Waals surface area contributed by atoms with Gasteiger partial charge in [0.2, 0.25) is 5.91 Å². The van der Waals surface area contributed by atoms with E-state index in [0.717, 1.165) is 21.9 Å². The number of carbonyl (C=O) groups excluding carboxylic acids is 1. The van der Waals surface area contributed by atoms with Gasteiger partial charge in [0.15, 0.2) is 0 Å². The predicted octanol–water partition coefficient (Wildman–Crippen LogP) is 1.61. The van der Waals surface area contributed by atoms with Crippen LogP contribution in [-0.2, 0) is 11.2 Å². The Balaban J connectivity index is 1.63. The third-order valence-corrected chi connectivity index (χ3v) is 3.60. The molecule has 0 saturated carbocycles. The van der Waals surface area contributed by atoms with Crippen molar-refractivity contribution in [3.05, 3.63) is 47.9 Å². The molecule has 0 aliphatic rings. The Hall–Kier alpha value is -2.61. The number of amides is 1. The number of hydrogen-bond acceptors (Lipinski definition) is 6. The van der Waals surface area contributed by atoms with Crippen LogP contribution in [0.2, 0.25) is 0 Å². The van der Waals surface area contributed by atoms with Crippen LogP contribution >= 0.6 is 11.5 Å². The lowest BCUT2D eigenvalue weighted by Crippen LogP contribution is -2.13. The monoisotopic (exact) mass is 300 g/mol. The zero-order valence-corrected chi connectivity index (χ0v) is 12.0. The molecule has 0 spiro atoms. The Bertz CT molecular complexity index is 734. The number of aryl methyl sites for hydroxylation is 1. The van der Waals surface area contributed by atoms with E-state index < -0.39 is 0 Å². The molecule has 0 aliphatic heterocycles. The highest BCUT2D eigenvalue weighted by atomic mass is 32.1. The number of rotatable bonds is 4. The molecule has 0 atom stereocenters. The van der Waals surface area contributed by atoms with Crippen molar-refractivity contribution < 1.29 is 4.79 Å². The summed E-state index contributed by atoms with van der Waals surface area (Å²) in [5.41, 5.74) is 2.67. The van der Waals surface area contributed by atoms with E-state index in [1.807, 2.05) is 37.3 Å². The van der Waals surface area contributed by atoms with Gasteiger partial charge in [0.05, 0.1) is 17.8 Å². The fourth-order valence-corrected chi connectivity index (χ4v) is 2.51. The number of nitrogens with one attached hydrogen (secondary N) is 1. The molecule has 106 valence electrons. The molecule has 1 N–H and O–H groups in total. The van der Waals surface area contributed by atoms with E-state index in [9.17, 15) is 4.79 Å². The topological polar surface area (TPSA) is 85.6 Å². The van der Waals surface area contributed by atoms with Crippen molar-refractivity contribution >= 4 is 22.4 Å². The number of aromatic nitrogens is 5. The second kappa shape index (κ2) is 5.80. The van der Waals surface area contributed by atoms with Gasteiger partial charge in [-0.1, -0.05) is 12.1 Å². The van der Waals surface area contributed by atoms with Crippen LogP contribution < -0.4 is 5.32 Å². The molecule has 0 aliphatic carbocycles. The van der Waals surface area contributed by atoms with Crippen molar-refractivity contribution in [3.63, 3.8) is 0 Å². The minimum Gasteiger partial charge on any atom is -0.316 e. The smallest absolute Gasteiger partial charge is 0.229 e. The summed E-state index contributed by atoms with van der Waals surface area (Å²) in [6, 6.07) is 9.36. The Kier molecular flexibility index (Phi) is 3.69. The molecule has 8 heteroatoms. The van der Waals surface area contributed by atoms with E-state index in [0.29, 0.717) is 6.42 Å². The molecule has 3 aromatic rings. The second-order valence-electron chi connectivity index (χ2n) is 4.48. The van der Waals surface area contributed by atoms with E-state index in [4.69, 9.17) is 0 Å². The van der Waals surface area contributed by atoms with E-state index in [2.05, 4.69) is 25.2 Å². The van der Waals surface area contributed by atoms with Gasteiger partial charge < -0.3 is 5.32 Å². The molecule has 2 aromatic heterocycles. The first-order chi connectivity index (χ1) is 10.2. The van der Waals surface area contributed by atoms with Crippen LogP contribution in [0.3, 0.4) is 0 Å². The maximum Gasteiger partial charge on any atom is 0.229 e. The molecular formula is C13H12N6OS. The molecule has 21 heavy (non-hydrogen) atoms. The van der Waals surface area contributed by atoms with Gasteiger partial charge in [0.25, 0.3) is 0 Å². The first-order valence-electron chi connectivity index (χ1n) is 6.26. The van der Waals surface area contributed by atoms with Crippen molar-refractivity contribution in [3.8, 4) is 5.69 Å². The van der Waals surface area contributed by atoms with Crippen molar-refractivity contribution in [2.45, 2.75) is 13.3 Å². The highest BCUT2D eigenvalue weighted by molar-refractivity contribution is 7.10. The molecule has 0 saturated heterocycles. The number of nitrogens with zero attached hydrogens (tertiary/aromatic N) is 5. The summed E-state index contributed by atoms with van der Waals surface area (Å²) in [6.45, 7) is 1.89. The van der Waals surface area contributed by atoms with Gasteiger partial charge in [0.1, 0.15) is 11.3 Å². The number of tetrazole rings is 1. The molecular weight excluding hydrogens is 288 g/mol. The zero-order valence-electron chi connectivity index (χ0n) is 11.2. The fraction of sp³-hybridized carbons (Fsp3) is 0.154. The standard InChI is InChI=1S/C13H12N6OS/c1-9-6-13(21-16-9)15-12(20)7-10-2-4-11(5-3-10)19-8-14-17-18-19/h2-6,8H,7H2,1H3,(H,15,20). The van der Waals surface area contributed by atoms with Crippen LogP contribution in [0.1, 0.15) is 11.3 Å². The Morgan fingerprint density at radius 1 is 1.33 bits per heavy atom. The molecule has 0 fully saturated rings. The lowest BCUT2D eigenvalue weighted by Gasteiger charge is -2.04. The van der Waals surface area contributed by atoms with Gasteiger partial charge in [-0.15, -0.1) is 5.10 Å². The summed E-state index contributed by atoms with van der Waals surface area (Å²) in [5, 5.41) is 14.6. The van der Waals surface area contributed by atoms with Crippen molar-refractivity contribution in [1.29, 1.82) is 0 Å². The molecule has 2 heterocycles. The largest absolute Gasteiger partial charge is 0.316 e. The average molecular weight is 300 g/mol. The van der Waals surface area contributed by atoms with Gasteiger partial charge in [-0.25, -0.2) is 4.68 Å². The van der Waals surface area contributed by atoms with Gasteiger partial charge in [-0.3, -0.25) is 4.79 Å². The first kappa shape index (κ1) is 13.4. The number of benzene rings is 1. The highest BCUT2D eigenvalue weighted by Crippen LogP contribution is 2.16. The fourth-order valence-electron chi connectivity index (χ4n) is 1.84. The number of anilines is 1. The average Bonchev–Trinajstić information content (AvgIpc) is 3.11. The maximum atomic E-state index is 11.9.